The average Bonchev–Trinajstić information content (AvgIpc) is 2.98. The zero-order chi connectivity index (χ0) is 17.1. The molecule has 126 valence electrons. The van der Waals surface area contributed by atoms with Gasteiger partial charge in [-0.3, -0.25) is 9.59 Å². The van der Waals surface area contributed by atoms with Crippen molar-refractivity contribution in [1.82, 2.24) is 4.90 Å². The van der Waals surface area contributed by atoms with E-state index < -0.39 is 12.1 Å². The summed E-state index contributed by atoms with van der Waals surface area (Å²) in [5, 5.41) is 0. The van der Waals surface area contributed by atoms with E-state index in [-0.39, 0.29) is 18.5 Å². The number of hydrogen-bond donors (Lipinski definition) is 1. The SMILES string of the molecule is CC(C)C[C@H](N)C(=O)N(C)[C@@H](C)C(=O)c1ccc2c(c1)OCO2. The Labute approximate surface area is 136 Å². The van der Waals surface area contributed by atoms with Gasteiger partial charge < -0.3 is 20.1 Å². The van der Waals surface area contributed by atoms with Crippen LogP contribution in [0.4, 0.5) is 0 Å². The van der Waals surface area contributed by atoms with E-state index in [1.165, 1.54) is 4.90 Å². The topological polar surface area (TPSA) is 81.9 Å². The monoisotopic (exact) mass is 320 g/mol. The molecule has 0 bridgehead atoms. The van der Waals surface area contributed by atoms with Crippen molar-refractivity contribution in [3.8, 4) is 11.5 Å². The van der Waals surface area contributed by atoms with Crippen LogP contribution in [-0.2, 0) is 4.79 Å². The van der Waals surface area contributed by atoms with Crippen LogP contribution in [0.1, 0.15) is 37.6 Å². The first-order valence-corrected chi connectivity index (χ1v) is 7.77. The van der Waals surface area contributed by atoms with Gasteiger partial charge in [-0.15, -0.1) is 0 Å². The molecule has 1 aromatic rings. The largest absolute Gasteiger partial charge is 0.454 e. The molecule has 2 atom stereocenters. The number of hydrogen-bond acceptors (Lipinski definition) is 5. The van der Waals surface area contributed by atoms with Gasteiger partial charge in [0.05, 0.1) is 12.1 Å². The molecule has 1 aliphatic rings. The van der Waals surface area contributed by atoms with Crippen molar-refractivity contribution in [1.29, 1.82) is 0 Å². The number of amides is 1. The van der Waals surface area contributed by atoms with Crippen LogP contribution in [0.25, 0.3) is 0 Å². The van der Waals surface area contributed by atoms with Gasteiger partial charge in [0.2, 0.25) is 12.7 Å². The molecule has 23 heavy (non-hydrogen) atoms. The Kier molecular flexibility index (Phi) is 5.26. The summed E-state index contributed by atoms with van der Waals surface area (Å²) in [4.78, 5) is 26.4. The fourth-order valence-corrected chi connectivity index (χ4v) is 2.53. The molecule has 1 aromatic carbocycles. The third-order valence-corrected chi connectivity index (χ3v) is 4.01. The number of ether oxygens (including phenoxy) is 2. The molecule has 6 nitrogen and oxygen atoms in total. The molecule has 1 amide bonds. The van der Waals surface area contributed by atoms with E-state index in [4.69, 9.17) is 15.2 Å². The summed E-state index contributed by atoms with van der Waals surface area (Å²) in [6.07, 6.45) is 0.591. The third-order valence-electron chi connectivity index (χ3n) is 4.01. The number of Topliss-reactive ketones (excluding diaryl/α,β-unsaturated/α-hetero) is 1. The summed E-state index contributed by atoms with van der Waals surface area (Å²) >= 11 is 0. The van der Waals surface area contributed by atoms with Gasteiger partial charge in [0.25, 0.3) is 0 Å². The fourth-order valence-electron chi connectivity index (χ4n) is 2.53. The number of benzene rings is 1. The predicted octanol–water partition coefficient (Wildman–Crippen LogP) is 1.82. The number of rotatable bonds is 6. The van der Waals surface area contributed by atoms with Crippen molar-refractivity contribution < 1.29 is 19.1 Å². The summed E-state index contributed by atoms with van der Waals surface area (Å²) in [5.74, 6) is 1.12. The number of carbonyl (C=O) groups is 2. The minimum absolute atomic E-state index is 0.157. The maximum absolute atomic E-state index is 12.6. The van der Waals surface area contributed by atoms with E-state index in [9.17, 15) is 9.59 Å². The van der Waals surface area contributed by atoms with Gasteiger partial charge in [0.1, 0.15) is 0 Å². The number of ketones is 1. The molecule has 0 spiro atoms. The molecule has 0 radical (unpaired) electrons. The van der Waals surface area contributed by atoms with E-state index in [0.29, 0.717) is 29.4 Å². The van der Waals surface area contributed by atoms with Gasteiger partial charge in [-0.25, -0.2) is 0 Å². The summed E-state index contributed by atoms with van der Waals surface area (Å²) in [7, 11) is 1.61. The second-order valence-electron chi connectivity index (χ2n) is 6.29. The summed E-state index contributed by atoms with van der Waals surface area (Å²) in [6, 6.07) is 3.84. The number of nitrogens with zero attached hydrogens (tertiary/aromatic N) is 1. The van der Waals surface area contributed by atoms with Crippen LogP contribution in [0.3, 0.4) is 0 Å². The first-order chi connectivity index (χ1) is 10.8. The summed E-state index contributed by atoms with van der Waals surface area (Å²) < 4.78 is 10.5. The normalized spacial score (nSPS) is 15.4. The van der Waals surface area contributed by atoms with Crippen LogP contribution >= 0.6 is 0 Å². The van der Waals surface area contributed by atoms with Crippen molar-refractivity contribution in [3.63, 3.8) is 0 Å². The van der Waals surface area contributed by atoms with E-state index >= 15 is 0 Å². The first-order valence-electron chi connectivity index (χ1n) is 7.77. The van der Waals surface area contributed by atoms with Crippen molar-refractivity contribution in [2.75, 3.05) is 13.8 Å². The third kappa shape index (κ3) is 3.82. The molecule has 1 heterocycles. The van der Waals surface area contributed by atoms with Crippen molar-refractivity contribution in [2.24, 2.45) is 11.7 Å². The summed E-state index contributed by atoms with van der Waals surface area (Å²) in [6.45, 7) is 5.88. The standard InChI is InChI=1S/C17H24N2O4/c1-10(2)7-13(18)17(21)19(4)11(3)16(20)12-5-6-14-15(8-12)23-9-22-14/h5-6,8,10-11,13H,7,9,18H2,1-4H3/t11-,13-/m0/s1. The van der Waals surface area contributed by atoms with Gasteiger partial charge in [-0.1, -0.05) is 13.8 Å². The highest BCUT2D eigenvalue weighted by Crippen LogP contribution is 2.33. The molecular formula is C17H24N2O4. The first kappa shape index (κ1) is 17.3. The molecule has 0 fully saturated rings. The highest BCUT2D eigenvalue weighted by molar-refractivity contribution is 6.02. The van der Waals surface area contributed by atoms with Crippen LogP contribution in [-0.4, -0.2) is 42.5 Å². The number of fused-ring (bicyclic) bond motifs is 1. The zero-order valence-corrected chi connectivity index (χ0v) is 14.0. The molecular weight excluding hydrogens is 296 g/mol. The minimum Gasteiger partial charge on any atom is -0.454 e. The van der Waals surface area contributed by atoms with Crippen LogP contribution < -0.4 is 15.2 Å². The van der Waals surface area contributed by atoms with Crippen molar-refractivity contribution in [3.05, 3.63) is 23.8 Å². The molecule has 0 unspecified atom stereocenters. The molecule has 2 N–H and O–H groups in total. The predicted molar refractivity (Wildman–Crippen MR) is 86.6 cm³/mol. The molecule has 0 aromatic heterocycles. The highest BCUT2D eigenvalue weighted by Gasteiger charge is 2.28. The lowest BCUT2D eigenvalue weighted by atomic mass is 10.0. The number of likely N-dealkylation sites (N-methyl/N-ethyl adjacent to an activating group) is 1. The molecule has 6 heteroatoms. The average molecular weight is 320 g/mol. The molecule has 1 aliphatic heterocycles. The minimum atomic E-state index is -0.596. The van der Waals surface area contributed by atoms with Crippen molar-refractivity contribution >= 4 is 11.7 Å². The Morgan fingerprint density at radius 3 is 2.52 bits per heavy atom. The van der Waals surface area contributed by atoms with Crippen LogP contribution in [0, 0.1) is 5.92 Å². The van der Waals surface area contributed by atoms with Gasteiger partial charge >= 0.3 is 0 Å². The summed E-state index contributed by atoms with van der Waals surface area (Å²) in [5.41, 5.74) is 6.42. The van der Waals surface area contributed by atoms with Crippen LogP contribution in [0.2, 0.25) is 0 Å². The Morgan fingerprint density at radius 1 is 1.22 bits per heavy atom. The van der Waals surface area contributed by atoms with Gasteiger partial charge in [-0.05, 0) is 37.5 Å². The Balaban J connectivity index is 2.08. The lowest BCUT2D eigenvalue weighted by Gasteiger charge is -2.27. The Morgan fingerprint density at radius 2 is 1.87 bits per heavy atom. The number of nitrogens with two attached hydrogens (primary N) is 1. The highest BCUT2D eigenvalue weighted by atomic mass is 16.7. The van der Waals surface area contributed by atoms with Crippen molar-refractivity contribution in [2.45, 2.75) is 39.3 Å². The molecule has 0 saturated carbocycles. The molecule has 0 saturated heterocycles. The number of carbonyl (C=O) groups excluding carboxylic acids is 2. The second-order valence-corrected chi connectivity index (χ2v) is 6.29. The van der Waals surface area contributed by atoms with E-state index in [1.807, 2.05) is 13.8 Å². The van der Waals surface area contributed by atoms with Crippen LogP contribution in [0.5, 0.6) is 11.5 Å². The Bertz CT molecular complexity index is 600. The Hall–Kier alpha value is -2.08. The second kappa shape index (κ2) is 7.00. The quantitative estimate of drug-likeness (QED) is 0.809. The van der Waals surface area contributed by atoms with E-state index in [1.54, 1.807) is 32.2 Å². The van der Waals surface area contributed by atoms with E-state index in [2.05, 4.69) is 0 Å². The lowest BCUT2D eigenvalue weighted by Crippen LogP contribution is -2.48. The molecule has 2 rings (SSSR count). The smallest absolute Gasteiger partial charge is 0.239 e. The lowest BCUT2D eigenvalue weighted by molar-refractivity contribution is -0.132. The zero-order valence-electron chi connectivity index (χ0n) is 14.0. The maximum Gasteiger partial charge on any atom is 0.239 e. The maximum atomic E-state index is 12.6. The van der Waals surface area contributed by atoms with Gasteiger partial charge in [0, 0.05) is 12.6 Å². The fraction of sp³-hybridized carbons (Fsp3) is 0.529. The van der Waals surface area contributed by atoms with Crippen LogP contribution in [0.15, 0.2) is 18.2 Å². The van der Waals surface area contributed by atoms with Gasteiger partial charge in [0.15, 0.2) is 17.3 Å². The molecule has 0 aliphatic carbocycles. The van der Waals surface area contributed by atoms with E-state index in [0.717, 1.165) is 0 Å². The van der Waals surface area contributed by atoms with Gasteiger partial charge in [-0.2, -0.15) is 0 Å².